The quantitative estimate of drug-likeness (QED) is 0.746. The van der Waals surface area contributed by atoms with E-state index in [0.717, 1.165) is 10.2 Å². The number of hydrogen-bond acceptors (Lipinski definition) is 5. The van der Waals surface area contributed by atoms with Crippen molar-refractivity contribution in [2.24, 2.45) is 0 Å². The molecule has 0 aliphatic heterocycles. The van der Waals surface area contributed by atoms with E-state index in [9.17, 15) is 19.5 Å². The van der Waals surface area contributed by atoms with Crippen LogP contribution in [-0.4, -0.2) is 21.7 Å². The second kappa shape index (κ2) is 6.97. The zero-order valence-electron chi connectivity index (χ0n) is 13.7. The summed E-state index contributed by atoms with van der Waals surface area (Å²) in [5.74, 6) is -2.05. The summed E-state index contributed by atoms with van der Waals surface area (Å²) >= 11 is 5.88. The van der Waals surface area contributed by atoms with Crippen molar-refractivity contribution in [1.82, 2.24) is 9.78 Å². The molecular weight excluding hydrogens is 358 g/mol. The average Bonchev–Trinajstić information content (AvgIpc) is 2.59. The molecule has 8 heteroatoms. The van der Waals surface area contributed by atoms with Crippen molar-refractivity contribution >= 4 is 39.9 Å². The monoisotopic (exact) mass is 370 g/mol. The van der Waals surface area contributed by atoms with E-state index in [4.69, 9.17) is 11.6 Å². The van der Waals surface area contributed by atoms with Gasteiger partial charge in [0.15, 0.2) is 0 Å². The summed E-state index contributed by atoms with van der Waals surface area (Å²) in [5, 5.41) is 18.6. The standard InChI is InChI=1S/C18H14ClN3O4/c1-10-8-11(19)6-7-14(10)20-15(23)9-22-17(24)13-5-3-2-4-12(13)16(21-22)18(25)26/h2-8H,9H2,1H3,(H,20,23)(H,25,26)/p-1. The number of benzene rings is 2. The molecule has 0 saturated carbocycles. The molecule has 0 aliphatic carbocycles. The molecule has 2 aromatic carbocycles. The number of carbonyl (C=O) groups is 2. The number of carboxylic acid groups (broad SMARTS) is 1. The molecule has 1 N–H and O–H groups in total. The van der Waals surface area contributed by atoms with Gasteiger partial charge in [-0.1, -0.05) is 29.8 Å². The molecule has 1 aromatic heterocycles. The Balaban J connectivity index is 1.95. The number of halogens is 1. The summed E-state index contributed by atoms with van der Waals surface area (Å²) in [6, 6.07) is 11.1. The number of carboxylic acids is 1. The lowest BCUT2D eigenvalue weighted by Gasteiger charge is -2.12. The average molecular weight is 371 g/mol. The van der Waals surface area contributed by atoms with Crippen molar-refractivity contribution in [3.8, 4) is 0 Å². The van der Waals surface area contributed by atoms with Crippen molar-refractivity contribution in [1.29, 1.82) is 0 Å². The van der Waals surface area contributed by atoms with Crippen LogP contribution in [0.15, 0.2) is 47.3 Å². The Labute approximate surface area is 152 Å². The molecule has 7 nitrogen and oxygen atoms in total. The summed E-state index contributed by atoms with van der Waals surface area (Å²) < 4.78 is 0.814. The highest BCUT2D eigenvalue weighted by Gasteiger charge is 2.14. The van der Waals surface area contributed by atoms with Crippen molar-refractivity contribution in [2.75, 3.05) is 5.32 Å². The van der Waals surface area contributed by atoms with Gasteiger partial charge in [0.05, 0.1) is 11.4 Å². The molecule has 1 amide bonds. The number of hydrogen-bond donors (Lipinski definition) is 1. The number of nitrogens with zero attached hydrogens (tertiary/aromatic N) is 2. The summed E-state index contributed by atoms with van der Waals surface area (Å²) in [4.78, 5) is 36.1. The number of nitrogens with one attached hydrogen (secondary N) is 1. The van der Waals surface area contributed by atoms with Gasteiger partial charge in [-0.15, -0.1) is 0 Å². The molecule has 132 valence electrons. The van der Waals surface area contributed by atoms with Gasteiger partial charge in [0, 0.05) is 16.1 Å². The van der Waals surface area contributed by atoms with Crippen LogP contribution in [-0.2, 0) is 11.3 Å². The van der Waals surface area contributed by atoms with Gasteiger partial charge in [0.25, 0.3) is 5.56 Å². The van der Waals surface area contributed by atoms with E-state index in [1.54, 1.807) is 37.3 Å². The zero-order chi connectivity index (χ0) is 18.8. The number of aromatic carboxylic acids is 1. The number of aryl methyl sites for hydroxylation is 1. The van der Waals surface area contributed by atoms with E-state index in [0.29, 0.717) is 10.7 Å². The highest BCUT2D eigenvalue weighted by Crippen LogP contribution is 2.19. The Morgan fingerprint density at radius 3 is 2.54 bits per heavy atom. The molecule has 0 fully saturated rings. The van der Waals surface area contributed by atoms with Gasteiger partial charge < -0.3 is 15.2 Å². The van der Waals surface area contributed by atoms with Gasteiger partial charge in [-0.25, -0.2) is 4.68 Å². The first-order valence-corrected chi connectivity index (χ1v) is 8.02. The summed E-state index contributed by atoms with van der Waals surface area (Å²) in [5.41, 5.74) is 0.331. The molecule has 1 heterocycles. The molecule has 0 atom stereocenters. The fourth-order valence-corrected chi connectivity index (χ4v) is 2.81. The molecule has 0 saturated heterocycles. The normalized spacial score (nSPS) is 10.7. The van der Waals surface area contributed by atoms with Gasteiger partial charge in [-0.2, -0.15) is 5.10 Å². The smallest absolute Gasteiger partial charge is 0.275 e. The van der Waals surface area contributed by atoms with Crippen molar-refractivity contribution in [3.63, 3.8) is 0 Å². The summed E-state index contributed by atoms with van der Waals surface area (Å²) in [6.07, 6.45) is 0. The molecule has 0 aliphatic rings. The second-order valence-electron chi connectivity index (χ2n) is 5.65. The fourth-order valence-electron chi connectivity index (χ4n) is 2.59. The van der Waals surface area contributed by atoms with Crippen LogP contribution >= 0.6 is 11.6 Å². The maximum Gasteiger partial charge on any atom is 0.275 e. The number of anilines is 1. The first-order valence-electron chi connectivity index (χ1n) is 7.64. The molecule has 0 spiro atoms. The Morgan fingerprint density at radius 1 is 1.19 bits per heavy atom. The number of fused-ring (bicyclic) bond motifs is 1. The first kappa shape index (κ1) is 17.6. The summed E-state index contributed by atoms with van der Waals surface area (Å²) in [7, 11) is 0. The molecular formula is C18H13ClN3O4-. The van der Waals surface area contributed by atoms with Crippen LogP contribution in [0.4, 0.5) is 5.69 Å². The minimum Gasteiger partial charge on any atom is -0.543 e. The molecule has 26 heavy (non-hydrogen) atoms. The Bertz CT molecular complexity index is 1090. The number of aromatic nitrogens is 2. The second-order valence-corrected chi connectivity index (χ2v) is 6.09. The topological polar surface area (TPSA) is 104 Å². The Kier molecular flexibility index (Phi) is 4.73. The van der Waals surface area contributed by atoms with E-state index in [1.807, 2.05) is 0 Å². The van der Waals surface area contributed by atoms with Crippen molar-refractivity contribution < 1.29 is 14.7 Å². The van der Waals surface area contributed by atoms with Crippen LogP contribution < -0.4 is 16.0 Å². The van der Waals surface area contributed by atoms with E-state index in [-0.39, 0.29) is 10.8 Å². The Hall–Kier alpha value is -3.19. The van der Waals surface area contributed by atoms with Gasteiger partial charge in [-0.05, 0) is 36.8 Å². The molecule has 0 unspecified atom stereocenters. The van der Waals surface area contributed by atoms with Crippen LogP contribution in [0.25, 0.3) is 10.8 Å². The van der Waals surface area contributed by atoms with Gasteiger partial charge >= 0.3 is 0 Å². The largest absolute Gasteiger partial charge is 0.543 e. The van der Waals surface area contributed by atoms with Crippen molar-refractivity contribution in [3.05, 3.63) is 69.1 Å². The van der Waals surface area contributed by atoms with E-state index >= 15 is 0 Å². The first-order chi connectivity index (χ1) is 12.4. The van der Waals surface area contributed by atoms with E-state index in [2.05, 4.69) is 10.4 Å². The third-order valence-electron chi connectivity index (χ3n) is 3.82. The third-order valence-corrected chi connectivity index (χ3v) is 4.05. The van der Waals surface area contributed by atoms with Gasteiger partial charge in [0.1, 0.15) is 12.2 Å². The van der Waals surface area contributed by atoms with E-state index < -0.39 is 29.7 Å². The maximum atomic E-state index is 12.5. The van der Waals surface area contributed by atoms with Gasteiger partial charge in [0.2, 0.25) is 5.91 Å². The zero-order valence-corrected chi connectivity index (χ0v) is 14.4. The SMILES string of the molecule is Cc1cc(Cl)ccc1NC(=O)Cn1nc(C(=O)[O-])c2ccccc2c1=O. The van der Waals surface area contributed by atoms with Crippen LogP contribution in [0.2, 0.25) is 5.02 Å². The minimum atomic E-state index is -1.52. The van der Waals surface area contributed by atoms with Crippen LogP contribution in [0.5, 0.6) is 0 Å². The molecule has 0 bridgehead atoms. The van der Waals surface area contributed by atoms with Crippen LogP contribution in [0, 0.1) is 6.92 Å². The van der Waals surface area contributed by atoms with Crippen LogP contribution in [0.1, 0.15) is 16.1 Å². The highest BCUT2D eigenvalue weighted by molar-refractivity contribution is 6.30. The highest BCUT2D eigenvalue weighted by atomic mass is 35.5. The predicted octanol–water partition coefficient (Wildman–Crippen LogP) is 1.36. The lowest BCUT2D eigenvalue weighted by Crippen LogP contribution is -2.34. The van der Waals surface area contributed by atoms with E-state index in [1.165, 1.54) is 12.1 Å². The fraction of sp³-hybridized carbons (Fsp3) is 0.111. The lowest BCUT2D eigenvalue weighted by atomic mass is 10.1. The number of rotatable bonds is 4. The van der Waals surface area contributed by atoms with Crippen molar-refractivity contribution in [2.45, 2.75) is 13.5 Å². The molecule has 0 radical (unpaired) electrons. The van der Waals surface area contributed by atoms with Crippen LogP contribution in [0.3, 0.4) is 0 Å². The molecule has 3 aromatic rings. The predicted molar refractivity (Wildman–Crippen MR) is 95.2 cm³/mol. The van der Waals surface area contributed by atoms with Gasteiger partial charge in [-0.3, -0.25) is 9.59 Å². The summed E-state index contributed by atoms with van der Waals surface area (Å²) in [6.45, 7) is 1.34. The number of amides is 1. The lowest BCUT2D eigenvalue weighted by molar-refractivity contribution is -0.255. The Morgan fingerprint density at radius 2 is 1.88 bits per heavy atom. The third kappa shape index (κ3) is 3.43. The molecule has 3 rings (SSSR count). The number of carbonyl (C=O) groups excluding carboxylic acids is 2. The maximum absolute atomic E-state index is 12.5. The minimum absolute atomic E-state index is 0.150.